The van der Waals surface area contributed by atoms with Gasteiger partial charge in [0.05, 0.1) is 5.75 Å². The van der Waals surface area contributed by atoms with E-state index in [9.17, 15) is 13.2 Å². The molecule has 1 saturated heterocycles. The van der Waals surface area contributed by atoms with Gasteiger partial charge in [-0.2, -0.15) is 0 Å². The first kappa shape index (κ1) is 14.4. The lowest BCUT2D eigenvalue weighted by molar-refractivity contribution is -0.121. The predicted molar refractivity (Wildman–Crippen MR) is 67.6 cm³/mol. The molecule has 6 heteroatoms. The fraction of sp³-hybridized carbons (Fsp3) is 0.909. The Labute approximate surface area is 103 Å². The Morgan fingerprint density at radius 2 is 2.24 bits per heavy atom. The molecular formula is C11H22N2O3S. The van der Waals surface area contributed by atoms with Crippen LogP contribution in [0.1, 0.15) is 32.6 Å². The summed E-state index contributed by atoms with van der Waals surface area (Å²) in [5.41, 5.74) is 0. The molecule has 1 aliphatic rings. The summed E-state index contributed by atoms with van der Waals surface area (Å²) in [4.78, 5) is 11.4. The van der Waals surface area contributed by atoms with Gasteiger partial charge >= 0.3 is 0 Å². The lowest BCUT2D eigenvalue weighted by Gasteiger charge is -2.09. The minimum Gasteiger partial charge on any atom is -0.355 e. The molecule has 100 valence electrons. The first-order valence-electron chi connectivity index (χ1n) is 6.24. The zero-order valence-corrected chi connectivity index (χ0v) is 11.2. The Kier molecular flexibility index (Phi) is 5.91. The topological polar surface area (TPSA) is 75.3 Å². The fourth-order valence-electron chi connectivity index (χ4n) is 1.89. The van der Waals surface area contributed by atoms with Crippen molar-refractivity contribution in [3.05, 3.63) is 0 Å². The van der Waals surface area contributed by atoms with Gasteiger partial charge in [0.1, 0.15) is 0 Å². The fourth-order valence-corrected chi connectivity index (χ4v) is 2.59. The van der Waals surface area contributed by atoms with Crippen molar-refractivity contribution in [1.82, 2.24) is 10.6 Å². The van der Waals surface area contributed by atoms with Gasteiger partial charge in [-0.1, -0.05) is 6.92 Å². The summed E-state index contributed by atoms with van der Waals surface area (Å²) in [6.07, 6.45) is 3.63. The van der Waals surface area contributed by atoms with E-state index in [1.54, 1.807) is 6.92 Å². The van der Waals surface area contributed by atoms with Gasteiger partial charge < -0.3 is 10.6 Å². The molecule has 0 aromatic rings. The number of amides is 1. The van der Waals surface area contributed by atoms with Crippen LogP contribution in [0.5, 0.6) is 0 Å². The molecule has 0 aromatic carbocycles. The van der Waals surface area contributed by atoms with Gasteiger partial charge in [0.2, 0.25) is 5.91 Å². The van der Waals surface area contributed by atoms with Crippen LogP contribution in [0.2, 0.25) is 0 Å². The number of sulfone groups is 1. The zero-order chi connectivity index (χ0) is 12.7. The monoisotopic (exact) mass is 262 g/mol. The maximum atomic E-state index is 11.4. The van der Waals surface area contributed by atoms with Gasteiger partial charge in [-0.05, 0) is 25.8 Å². The average molecular weight is 262 g/mol. The van der Waals surface area contributed by atoms with Gasteiger partial charge in [-0.3, -0.25) is 4.79 Å². The van der Waals surface area contributed by atoms with Crippen LogP contribution >= 0.6 is 0 Å². The Bertz CT molecular complexity index is 335. The van der Waals surface area contributed by atoms with Gasteiger partial charge in [-0.25, -0.2) is 8.42 Å². The summed E-state index contributed by atoms with van der Waals surface area (Å²) >= 11 is 0. The minimum atomic E-state index is -2.97. The van der Waals surface area contributed by atoms with E-state index in [0.29, 0.717) is 12.5 Å². The molecule has 1 aliphatic heterocycles. The van der Waals surface area contributed by atoms with E-state index >= 15 is 0 Å². The van der Waals surface area contributed by atoms with E-state index < -0.39 is 9.84 Å². The van der Waals surface area contributed by atoms with Crippen LogP contribution in [0.4, 0.5) is 0 Å². The smallest absolute Gasteiger partial charge is 0.220 e. The molecule has 5 nitrogen and oxygen atoms in total. The van der Waals surface area contributed by atoms with E-state index in [4.69, 9.17) is 0 Å². The number of hydrogen-bond donors (Lipinski definition) is 2. The minimum absolute atomic E-state index is 0.0386. The van der Waals surface area contributed by atoms with Gasteiger partial charge in [-0.15, -0.1) is 0 Å². The molecule has 1 unspecified atom stereocenters. The summed E-state index contributed by atoms with van der Waals surface area (Å²) in [7, 11) is -2.97. The lowest BCUT2D eigenvalue weighted by atomic mass is 10.1. The van der Waals surface area contributed by atoms with Crippen LogP contribution < -0.4 is 10.6 Å². The van der Waals surface area contributed by atoms with Crippen LogP contribution in [0, 0.1) is 0 Å². The van der Waals surface area contributed by atoms with Crippen molar-refractivity contribution in [3.63, 3.8) is 0 Å². The third kappa shape index (κ3) is 6.02. The van der Waals surface area contributed by atoms with Crippen molar-refractivity contribution < 1.29 is 13.2 Å². The zero-order valence-electron chi connectivity index (χ0n) is 10.4. The second kappa shape index (κ2) is 6.96. The molecule has 1 atom stereocenters. The van der Waals surface area contributed by atoms with Crippen molar-refractivity contribution in [2.45, 2.75) is 38.6 Å². The Morgan fingerprint density at radius 1 is 1.47 bits per heavy atom. The Hall–Kier alpha value is -0.620. The number of carbonyl (C=O) groups is 1. The summed E-state index contributed by atoms with van der Waals surface area (Å²) in [5, 5.41) is 5.98. The van der Waals surface area contributed by atoms with E-state index in [0.717, 1.165) is 19.4 Å². The third-order valence-electron chi connectivity index (χ3n) is 3.06. The summed E-state index contributed by atoms with van der Waals surface area (Å²) in [6, 6.07) is 0.458. The van der Waals surface area contributed by atoms with Crippen molar-refractivity contribution in [2.24, 2.45) is 0 Å². The van der Waals surface area contributed by atoms with Crippen LogP contribution in [0.25, 0.3) is 0 Å². The maximum Gasteiger partial charge on any atom is 0.220 e. The van der Waals surface area contributed by atoms with Crippen molar-refractivity contribution in [1.29, 1.82) is 0 Å². The highest BCUT2D eigenvalue weighted by Gasteiger charge is 2.15. The molecule has 0 radical (unpaired) electrons. The standard InChI is InChI=1S/C11H22N2O3S/c1-2-17(15,16)9-8-13-11(14)6-5-10-4-3-7-12-10/h10,12H,2-9H2,1H3,(H,13,14). The van der Waals surface area contributed by atoms with Gasteiger partial charge in [0, 0.05) is 24.8 Å². The van der Waals surface area contributed by atoms with Crippen molar-refractivity contribution in [3.8, 4) is 0 Å². The molecular weight excluding hydrogens is 240 g/mol. The number of nitrogens with one attached hydrogen (secondary N) is 2. The number of rotatable bonds is 7. The first-order valence-corrected chi connectivity index (χ1v) is 8.06. The van der Waals surface area contributed by atoms with Crippen LogP contribution in [-0.2, 0) is 14.6 Å². The highest BCUT2D eigenvalue weighted by molar-refractivity contribution is 7.91. The van der Waals surface area contributed by atoms with Crippen LogP contribution in [-0.4, -0.2) is 45.0 Å². The number of carbonyl (C=O) groups excluding carboxylic acids is 1. The van der Waals surface area contributed by atoms with Crippen LogP contribution in [0.15, 0.2) is 0 Å². The summed E-state index contributed by atoms with van der Waals surface area (Å²) in [6.45, 7) is 2.89. The Morgan fingerprint density at radius 3 is 2.82 bits per heavy atom. The molecule has 17 heavy (non-hydrogen) atoms. The molecule has 0 aliphatic carbocycles. The van der Waals surface area contributed by atoms with E-state index in [2.05, 4.69) is 10.6 Å². The van der Waals surface area contributed by atoms with Gasteiger partial charge in [0.15, 0.2) is 9.84 Å². The Balaban J connectivity index is 2.08. The van der Waals surface area contributed by atoms with E-state index in [1.165, 1.54) is 6.42 Å². The highest BCUT2D eigenvalue weighted by Crippen LogP contribution is 2.10. The molecule has 1 heterocycles. The van der Waals surface area contributed by atoms with Gasteiger partial charge in [0.25, 0.3) is 0 Å². The van der Waals surface area contributed by atoms with Crippen molar-refractivity contribution in [2.75, 3.05) is 24.6 Å². The average Bonchev–Trinajstić information content (AvgIpc) is 2.79. The summed E-state index contributed by atoms with van der Waals surface area (Å²) < 4.78 is 22.4. The third-order valence-corrected chi connectivity index (χ3v) is 4.76. The second-order valence-electron chi connectivity index (χ2n) is 4.42. The second-order valence-corrected chi connectivity index (χ2v) is 6.89. The lowest BCUT2D eigenvalue weighted by Crippen LogP contribution is -2.31. The largest absolute Gasteiger partial charge is 0.355 e. The SMILES string of the molecule is CCS(=O)(=O)CCNC(=O)CCC1CCCN1. The van der Waals surface area contributed by atoms with E-state index in [-0.39, 0.29) is 24.0 Å². The molecule has 0 spiro atoms. The normalized spacial score (nSPS) is 20.4. The molecule has 0 saturated carbocycles. The molecule has 0 aromatic heterocycles. The van der Waals surface area contributed by atoms with Crippen LogP contribution in [0.3, 0.4) is 0 Å². The van der Waals surface area contributed by atoms with Crippen molar-refractivity contribution >= 4 is 15.7 Å². The molecule has 0 bridgehead atoms. The summed E-state index contributed by atoms with van der Waals surface area (Å²) in [5.74, 6) is 0.121. The number of hydrogen-bond acceptors (Lipinski definition) is 4. The molecule has 2 N–H and O–H groups in total. The maximum absolute atomic E-state index is 11.4. The quantitative estimate of drug-likeness (QED) is 0.681. The highest BCUT2D eigenvalue weighted by atomic mass is 32.2. The molecule has 1 fully saturated rings. The molecule has 1 rings (SSSR count). The first-order chi connectivity index (χ1) is 8.03. The predicted octanol–water partition coefficient (Wildman–Crippen LogP) is 0.0695. The molecule has 1 amide bonds. The van der Waals surface area contributed by atoms with E-state index in [1.807, 2.05) is 0 Å².